The van der Waals surface area contributed by atoms with Crippen LogP contribution in [0.25, 0.3) is 0 Å². The minimum atomic E-state index is 0.171. The van der Waals surface area contributed by atoms with Crippen molar-refractivity contribution in [2.45, 2.75) is 25.9 Å². The Morgan fingerprint density at radius 3 is 2.68 bits per heavy atom. The van der Waals surface area contributed by atoms with Crippen LogP contribution in [0.1, 0.15) is 19.4 Å². The number of piperazine rings is 1. The van der Waals surface area contributed by atoms with Crippen molar-refractivity contribution in [3.8, 4) is 11.5 Å². The third kappa shape index (κ3) is 3.61. The van der Waals surface area contributed by atoms with Crippen LogP contribution in [0.3, 0.4) is 0 Å². The van der Waals surface area contributed by atoms with Crippen LogP contribution < -0.4 is 14.8 Å². The fraction of sp³-hybridized carbons (Fsp3) is 0.600. The van der Waals surface area contributed by atoms with E-state index in [9.17, 15) is 0 Å². The molecule has 1 aromatic rings. The van der Waals surface area contributed by atoms with Gasteiger partial charge in [0.2, 0.25) is 0 Å². The van der Waals surface area contributed by atoms with Crippen LogP contribution in [-0.2, 0) is 6.54 Å². The Kier molecular flexibility index (Phi) is 4.32. The molecule has 0 radical (unpaired) electrons. The summed E-state index contributed by atoms with van der Waals surface area (Å²) < 4.78 is 10.7. The first kappa shape index (κ1) is 14.2. The van der Waals surface area contributed by atoms with Crippen molar-refractivity contribution in [2.75, 3.05) is 33.9 Å². The van der Waals surface area contributed by atoms with Gasteiger partial charge in [0.25, 0.3) is 0 Å². The molecule has 0 unspecified atom stereocenters. The summed E-state index contributed by atoms with van der Waals surface area (Å²) in [7, 11) is 3.41. The van der Waals surface area contributed by atoms with E-state index in [1.54, 1.807) is 14.2 Å². The molecule has 0 saturated carbocycles. The maximum atomic E-state index is 5.44. The molecule has 0 aliphatic carbocycles. The van der Waals surface area contributed by atoms with Crippen molar-refractivity contribution in [1.82, 2.24) is 10.2 Å². The van der Waals surface area contributed by atoms with Crippen molar-refractivity contribution in [3.05, 3.63) is 23.8 Å². The zero-order chi connectivity index (χ0) is 13.9. The second-order valence-corrected chi connectivity index (χ2v) is 5.70. The molecule has 1 N–H and O–H groups in total. The molecule has 4 nitrogen and oxygen atoms in total. The molecule has 1 aliphatic heterocycles. The van der Waals surface area contributed by atoms with Crippen LogP contribution in [0.2, 0.25) is 0 Å². The van der Waals surface area contributed by atoms with E-state index in [-0.39, 0.29) is 5.54 Å². The van der Waals surface area contributed by atoms with Gasteiger partial charge in [-0.3, -0.25) is 4.90 Å². The molecule has 2 rings (SSSR count). The maximum Gasteiger partial charge on any atom is 0.123 e. The predicted octanol–water partition coefficient (Wildman–Crippen LogP) is 1.89. The average Bonchev–Trinajstić information content (AvgIpc) is 2.37. The molecule has 0 aromatic heterocycles. The second kappa shape index (κ2) is 5.80. The average molecular weight is 264 g/mol. The first-order chi connectivity index (χ1) is 9.04. The third-order valence-corrected chi connectivity index (χ3v) is 3.53. The molecule has 19 heavy (non-hydrogen) atoms. The minimum Gasteiger partial charge on any atom is -0.497 e. The lowest BCUT2D eigenvalue weighted by atomic mass is 10.0. The molecule has 1 heterocycles. The third-order valence-electron chi connectivity index (χ3n) is 3.53. The van der Waals surface area contributed by atoms with Gasteiger partial charge in [0.05, 0.1) is 14.2 Å². The summed E-state index contributed by atoms with van der Waals surface area (Å²) in [4.78, 5) is 2.45. The summed E-state index contributed by atoms with van der Waals surface area (Å²) >= 11 is 0. The Bertz CT molecular complexity index is 432. The summed E-state index contributed by atoms with van der Waals surface area (Å²) in [5.74, 6) is 1.81. The Balaban J connectivity index is 2.13. The van der Waals surface area contributed by atoms with Gasteiger partial charge < -0.3 is 14.8 Å². The van der Waals surface area contributed by atoms with E-state index in [2.05, 4.69) is 30.1 Å². The van der Waals surface area contributed by atoms with Crippen molar-refractivity contribution in [2.24, 2.45) is 0 Å². The first-order valence-electron chi connectivity index (χ1n) is 6.72. The lowest BCUT2D eigenvalue weighted by Crippen LogP contribution is -2.56. The smallest absolute Gasteiger partial charge is 0.123 e. The van der Waals surface area contributed by atoms with Crippen LogP contribution >= 0.6 is 0 Å². The fourth-order valence-corrected chi connectivity index (χ4v) is 2.63. The number of hydrogen-bond acceptors (Lipinski definition) is 4. The summed E-state index contributed by atoms with van der Waals surface area (Å²) in [5.41, 5.74) is 1.35. The lowest BCUT2D eigenvalue weighted by molar-refractivity contribution is 0.147. The number of nitrogens with one attached hydrogen (secondary N) is 1. The number of methoxy groups -OCH3 is 2. The highest BCUT2D eigenvalue weighted by Crippen LogP contribution is 2.26. The SMILES string of the molecule is COc1ccc(OC)c(CN2CCNC(C)(C)C2)c1. The standard InChI is InChI=1S/C15H24N2O2/c1-15(2)11-17(8-7-16-15)10-12-9-13(18-3)5-6-14(12)19-4/h5-6,9,16H,7-8,10-11H2,1-4H3. The highest BCUT2D eigenvalue weighted by atomic mass is 16.5. The molecule has 0 atom stereocenters. The van der Waals surface area contributed by atoms with Gasteiger partial charge >= 0.3 is 0 Å². The predicted molar refractivity (Wildman–Crippen MR) is 76.9 cm³/mol. The first-order valence-corrected chi connectivity index (χ1v) is 6.72. The van der Waals surface area contributed by atoms with Crippen molar-refractivity contribution in [3.63, 3.8) is 0 Å². The Hall–Kier alpha value is -1.26. The van der Waals surface area contributed by atoms with Gasteiger partial charge in [0, 0.05) is 37.3 Å². The zero-order valence-corrected chi connectivity index (χ0v) is 12.3. The Morgan fingerprint density at radius 2 is 2.05 bits per heavy atom. The van der Waals surface area contributed by atoms with E-state index < -0.39 is 0 Å². The number of rotatable bonds is 4. The zero-order valence-electron chi connectivity index (χ0n) is 12.3. The molecule has 4 heteroatoms. The number of nitrogens with zero attached hydrogens (tertiary/aromatic N) is 1. The highest BCUT2D eigenvalue weighted by molar-refractivity contribution is 5.40. The van der Waals surface area contributed by atoms with E-state index in [4.69, 9.17) is 9.47 Å². The fourth-order valence-electron chi connectivity index (χ4n) is 2.63. The van der Waals surface area contributed by atoms with Gasteiger partial charge in [-0.2, -0.15) is 0 Å². The molecular weight excluding hydrogens is 240 g/mol. The number of benzene rings is 1. The normalized spacial score (nSPS) is 19.2. The van der Waals surface area contributed by atoms with E-state index in [0.29, 0.717) is 0 Å². The summed E-state index contributed by atoms with van der Waals surface area (Å²) in [6.45, 7) is 8.49. The molecule has 1 fully saturated rings. The monoisotopic (exact) mass is 264 g/mol. The van der Waals surface area contributed by atoms with Gasteiger partial charge in [0.1, 0.15) is 11.5 Å². The van der Waals surface area contributed by atoms with Gasteiger partial charge in [-0.05, 0) is 32.0 Å². The van der Waals surface area contributed by atoms with Crippen LogP contribution in [-0.4, -0.2) is 44.3 Å². The van der Waals surface area contributed by atoms with Crippen molar-refractivity contribution < 1.29 is 9.47 Å². The second-order valence-electron chi connectivity index (χ2n) is 5.70. The van der Waals surface area contributed by atoms with Crippen LogP contribution in [0.5, 0.6) is 11.5 Å². The molecule has 1 saturated heterocycles. The molecule has 106 valence electrons. The number of ether oxygens (including phenoxy) is 2. The molecule has 0 amide bonds. The maximum absolute atomic E-state index is 5.44. The van der Waals surface area contributed by atoms with E-state index in [1.807, 2.05) is 12.1 Å². The number of hydrogen-bond donors (Lipinski definition) is 1. The summed E-state index contributed by atoms with van der Waals surface area (Å²) in [6.07, 6.45) is 0. The Labute approximate surface area is 115 Å². The topological polar surface area (TPSA) is 33.7 Å². The van der Waals surface area contributed by atoms with Crippen molar-refractivity contribution >= 4 is 0 Å². The lowest BCUT2D eigenvalue weighted by Gasteiger charge is -2.39. The van der Waals surface area contributed by atoms with Crippen LogP contribution in [0, 0.1) is 0 Å². The van der Waals surface area contributed by atoms with E-state index in [1.165, 1.54) is 5.56 Å². The quantitative estimate of drug-likeness (QED) is 0.900. The van der Waals surface area contributed by atoms with Crippen LogP contribution in [0.4, 0.5) is 0 Å². The van der Waals surface area contributed by atoms with Crippen LogP contribution in [0.15, 0.2) is 18.2 Å². The molecular formula is C15H24N2O2. The largest absolute Gasteiger partial charge is 0.497 e. The molecule has 0 bridgehead atoms. The summed E-state index contributed by atoms with van der Waals surface area (Å²) in [5, 5.41) is 3.53. The van der Waals surface area contributed by atoms with Crippen molar-refractivity contribution in [1.29, 1.82) is 0 Å². The van der Waals surface area contributed by atoms with Gasteiger partial charge in [-0.25, -0.2) is 0 Å². The van der Waals surface area contributed by atoms with E-state index >= 15 is 0 Å². The Morgan fingerprint density at radius 1 is 1.26 bits per heavy atom. The van der Waals surface area contributed by atoms with E-state index in [0.717, 1.165) is 37.7 Å². The summed E-state index contributed by atoms with van der Waals surface area (Å²) in [6, 6.07) is 5.97. The minimum absolute atomic E-state index is 0.171. The van der Waals surface area contributed by atoms with Gasteiger partial charge in [0.15, 0.2) is 0 Å². The molecule has 1 aromatic carbocycles. The highest BCUT2D eigenvalue weighted by Gasteiger charge is 2.26. The molecule has 1 aliphatic rings. The van der Waals surface area contributed by atoms with Gasteiger partial charge in [-0.15, -0.1) is 0 Å². The van der Waals surface area contributed by atoms with Gasteiger partial charge in [-0.1, -0.05) is 0 Å². The molecule has 0 spiro atoms.